The summed E-state index contributed by atoms with van der Waals surface area (Å²) >= 11 is 0. The lowest BCUT2D eigenvalue weighted by atomic mass is 10.1. The third kappa shape index (κ3) is 3.94. The number of aliphatic hydroxyl groups is 2. The molecule has 0 aromatic rings. The Morgan fingerprint density at radius 1 is 1.44 bits per heavy atom. The molecule has 0 heterocycles. The molecule has 1 atom stereocenters. The van der Waals surface area contributed by atoms with E-state index in [0.717, 1.165) is 0 Å². The smallest absolute Gasteiger partial charge is 0.0612 e. The number of hydrogen-bond donors (Lipinski definition) is 2. The summed E-state index contributed by atoms with van der Waals surface area (Å²) in [4.78, 5) is 0. The van der Waals surface area contributed by atoms with E-state index in [0.29, 0.717) is 0 Å². The molecule has 0 amide bonds. The molecule has 0 saturated heterocycles. The van der Waals surface area contributed by atoms with Crippen molar-refractivity contribution in [3.8, 4) is 0 Å². The van der Waals surface area contributed by atoms with Crippen LogP contribution in [-0.2, 0) is 0 Å². The molecular formula is C7H12O2. The summed E-state index contributed by atoms with van der Waals surface area (Å²) in [6, 6.07) is 0. The molecule has 0 spiro atoms. The highest BCUT2D eigenvalue weighted by Gasteiger charge is 1.92. The lowest BCUT2D eigenvalue weighted by Gasteiger charge is -1.98. The maximum absolute atomic E-state index is 8.55. The first-order chi connectivity index (χ1) is 4.35. The zero-order valence-electron chi connectivity index (χ0n) is 5.33. The fourth-order valence-electron chi connectivity index (χ4n) is 0.450. The van der Waals surface area contributed by atoms with Crippen LogP contribution in [0, 0.1) is 5.92 Å². The first kappa shape index (κ1) is 8.40. The Labute approximate surface area is 55.1 Å². The van der Waals surface area contributed by atoms with Crippen molar-refractivity contribution in [2.75, 3.05) is 13.2 Å². The molecule has 0 saturated carbocycles. The lowest BCUT2D eigenvalue weighted by molar-refractivity contribution is 0.273. The van der Waals surface area contributed by atoms with Gasteiger partial charge in [-0.15, -0.1) is 6.58 Å². The monoisotopic (exact) mass is 128 g/mol. The van der Waals surface area contributed by atoms with E-state index in [1.807, 2.05) is 0 Å². The molecule has 0 aliphatic carbocycles. The minimum Gasteiger partial charge on any atom is -0.395 e. The van der Waals surface area contributed by atoms with E-state index in [-0.39, 0.29) is 19.1 Å². The van der Waals surface area contributed by atoms with Crippen molar-refractivity contribution in [3.63, 3.8) is 0 Å². The molecule has 2 nitrogen and oxygen atoms in total. The minimum atomic E-state index is -0.0165. The molecular weight excluding hydrogens is 116 g/mol. The van der Waals surface area contributed by atoms with Gasteiger partial charge >= 0.3 is 0 Å². The van der Waals surface area contributed by atoms with Crippen molar-refractivity contribution < 1.29 is 10.2 Å². The third-order valence-corrected chi connectivity index (χ3v) is 1.00. The van der Waals surface area contributed by atoms with Crippen LogP contribution in [0.2, 0.25) is 0 Å². The number of hydrogen-bond acceptors (Lipinski definition) is 2. The van der Waals surface area contributed by atoms with Gasteiger partial charge < -0.3 is 10.2 Å². The van der Waals surface area contributed by atoms with Gasteiger partial charge in [-0.25, -0.2) is 0 Å². The van der Waals surface area contributed by atoms with Crippen LogP contribution in [0.15, 0.2) is 24.8 Å². The predicted molar refractivity (Wildman–Crippen MR) is 37.0 cm³/mol. The van der Waals surface area contributed by atoms with Crippen LogP contribution in [0.1, 0.15) is 0 Å². The highest BCUT2D eigenvalue weighted by Crippen LogP contribution is 1.96. The van der Waals surface area contributed by atoms with Crippen LogP contribution >= 0.6 is 0 Å². The third-order valence-electron chi connectivity index (χ3n) is 1.00. The Morgan fingerprint density at radius 3 is 2.44 bits per heavy atom. The second kappa shape index (κ2) is 5.54. The van der Waals surface area contributed by atoms with Crippen molar-refractivity contribution in [2.24, 2.45) is 5.92 Å². The molecule has 2 heteroatoms. The van der Waals surface area contributed by atoms with Gasteiger partial charge in [-0.3, -0.25) is 0 Å². The minimum absolute atomic E-state index is 0.0165. The first-order valence-electron chi connectivity index (χ1n) is 2.86. The van der Waals surface area contributed by atoms with Crippen molar-refractivity contribution >= 4 is 0 Å². The second-order valence-corrected chi connectivity index (χ2v) is 1.69. The van der Waals surface area contributed by atoms with Gasteiger partial charge in [0, 0.05) is 5.92 Å². The van der Waals surface area contributed by atoms with E-state index in [4.69, 9.17) is 10.2 Å². The van der Waals surface area contributed by atoms with E-state index in [1.165, 1.54) is 0 Å². The number of aliphatic hydroxyl groups excluding tert-OH is 2. The van der Waals surface area contributed by atoms with Crippen molar-refractivity contribution in [2.45, 2.75) is 0 Å². The Hall–Kier alpha value is -0.600. The van der Waals surface area contributed by atoms with Crippen LogP contribution in [0.5, 0.6) is 0 Å². The highest BCUT2D eigenvalue weighted by molar-refractivity contribution is 4.96. The van der Waals surface area contributed by atoms with E-state index in [2.05, 4.69) is 6.58 Å². The van der Waals surface area contributed by atoms with Crippen LogP contribution in [-0.4, -0.2) is 23.4 Å². The Bertz CT molecular complexity index is 97.1. The lowest BCUT2D eigenvalue weighted by Crippen LogP contribution is -1.97. The summed E-state index contributed by atoms with van der Waals surface area (Å²) in [5, 5.41) is 16.9. The molecule has 9 heavy (non-hydrogen) atoms. The average molecular weight is 128 g/mol. The topological polar surface area (TPSA) is 40.5 Å². The SMILES string of the molecule is C=CC(/C=C/CO)CO. The quantitative estimate of drug-likeness (QED) is 0.536. The molecule has 2 N–H and O–H groups in total. The molecule has 0 fully saturated rings. The Morgan fingerprint density at radius 2 is 2.11 bits per heavy atom. The van der Waals surface area contributed by atoms with Gasteiger partial charge in [-0.1, -0.05) is 18.2 Å². The summed E-state index contributed by atoms with van der Waals surface area (Å²) in [6.07, 6.45) is 4.93. The summed E-state index contributed by atoms with van der Waals surface area (Å²) < 4.78 is 0. The molecule has 0 aliphatic heterocycles. The fraction of sp³-hybridized carbons (Fsp3) is 0.429. The predicted octanol–water partition coefficient (Wildman–Crippen LogP) is 0.329. The summed E-state index contributed by atoms with van der Waals surface area (Å²) in [5.41, 5.74) is 0. The Kier molecular flexibility index (Phi) is 5.17. The van der Waals surface area contributed by atoms with Gasteiger partial charge in [0.25, 0.3) is 0 Å². The molecule has 0 bridgehead atoms. The summed E-state index contributed by atoms with van der Waals surface area (Å²) in [5.74, 6) is -0.0165. The number of rotatable bonds is 4. The molecule has 0 aliphatic rings. The van der Waals surface area contributed by atoms with Gasteiger partial charge in [0.05, 0.1) is 13.2 Å². The average Bonchev–Trinajstić information content (AvgIpc) is 1.91. The molecule has 0 radical (unpaired) electrons. The molecule has 1 unspecified atom stereocenters. The van der Waals surface area contributed by atoms with Gasteiger partial charge in [0.2, 0.25) is 0 Å². The zero-order valence-corrected chi connectivity index (χ0v) is 5.33. The van der Waals surface area contributed by atoms with Crippen LogP contribution < -0.4 is 0 Å². The van der Waals surface area contributed by atoms with E-state index in [9.17, 15) is 0 Å². The van der Waals surface area contributed by atoms with E-state index < -0.39 is 0 Å². The molecule has 52 valence electrons. The molecule has 0 aromatic heterocycles. The van der Waals surface area contributed by atoms with Crippen molar-refractivity contribution in [1.29, 1.82) is 0 Å². The maximum atomic E-state index is 8.55. The zero-order chi connectivity index (χ0) is 7.11. The standard InChI is InChI=1S/C7H12O2/c1-2-7(6-9)4-3-5-8/h2-4,7-9H,1,5-6H2/b4-3+. The maximum Gasteiger partial charge on any atom is 0.0612 e. The van der Waals surface area contributed by atoms with Gasteiger partial charge in [-0.2, -0.15) is 0 Å². The normalized spacial score (nSPS) is 14.0. The second-order valence-electron chi connectivity index (χ2n) is 1.69. The van der Waals surface area contributed by atoms with Crippen LogP contribution in [0.3, 0.4) is 0 Å². The Balaban J connectivity index is 3.54. The summed E-state index contributed by atoms with van der Waals surface area (Å²) in [7, 11) is 0. The highest BCUT2D eigenvalue weighted by atomic mass is 16.3. The largest absolute Gasteiger partial charge is 0.395 e. The summed E-state index contributed by atoms with van der Waals surface area (Å²) in [6.45, 7) is 3.57. The van der Waals surface area contributed by atoms with Gasteiger partial charge in [0.1, 0.15) is 0 Å². The van der Waals surface area contributed by atoms with Crippen LogP contribution in [0.4, 0.5) is 0 Å². The van der Waals surface area contributed by atoms with E-state index >= 15 is 0 Å². The van der Waals surface area contributed by atoms with Gasteiger partial charge in [0.15, 0.2) is 0 Å². The van der Waals surface area contributed by atoms with Gasteiger partial charge in [-0.05, 0) is 0 Å². The molecule has 0 rings (SSSR count). The molecule has 0 aromatic carbocycles. The fourth-order valence-corrected chi connectivity index (χ4v) is 0.450. The first-order valence-corrected chi connectivity index (χ1v) is 2.86. The van der Waals surface area contributed by atoms with E-state index in [1.54, 1.807) is 18.2 Å². The van der Waals surface area contributed by atoms with Crippen molar-refractivity contribution in [3.05, 3.63) is 24.8 Å². The van der Waals surface area contributed by atoms with Crippen LogP contribution in [0.25, 0.3) is 0 Å². The van der Waals surface area contributed by atoms with Crippen molar-refractivity contribution in [1.82, 2.24) is 0 Å².